The summed E-state index contributed by atoms with van der Waals surface area (Å²) >= 11 is 0. The van der Waals surface area contributed by atoms with Gasteiger partial charge in [0.2, 0.25) is 11.1 Å². The molecule has 4 heterocycles. The fourth-order valence-corrected chi connectivity index (χ4v) is 3.15. The van der Waals surface area contributed by atoms with Crippen molar-refractivity contribution in [2.45, 2.75) is 6.42 Å². The summed E-state index contributed by atoms with van der Waals surface area (Å²) in [4.78, 5) is 34.7. The average Bonchev–Trinajstić information content (AvgIpc) is 2.67. The van der Waals surface area contributed by atoms with Crippen LogP contribution in [-0.4, -0.2) is 58.8 Å². The number of pyridine rings is 2. The van der Waals surface area contributed by atoms with Gasteiger partial charge in [0.15, 0.2) is 5.58 Å². The first-order valence-electron chi connectivity index (χ1n) is 8.58. The minimum atomic E-state index is -1.25. The van der Waals surface area contributed by atoms with E-state index in [1.165, 1.54) is 12.3 Å². The number of hydrogen-bond acceptors (Lipinski definition) is 8. The van der Waals surface area contributed by atoms with Crippen LogP contribution in [0.15, 0.2) is 27.5 Å². The highest BCUT2D eigenvalue weighted by atomic mass is 16.5. The number of morpholine rings is 1. The third kappa shape index (κ3) is 3.34. The number of rotatable bonds is 4. The molecule has 0 unspecified atom stereocenters. The van der Waals surface area contributed by atoms with E-state index in [2.05, 4.69) is 14.9 Å². The number of carbonyl (C=O) groups is 1. The van der Waals surface area contributed by atoms with Crippen molar-refractivity contribution in [3.05, 3.63) is 39.8 Å². The van der Waals surface area contributed by atoms with Gasteiger partial charge in [-0.2, -0.15) is 4.98 Å². The predicted octanol–water partition coefficient (Wildman–Crippen LogP) is 0.891. The lowest BCUT2D eigenvalue weighted by molar-refractivity contribution is 0.0383. The fourth-order valence-electron chi connectivity index (χ4n) is 3.15. The minimum absolute atomic E-state index is 0.00198. The zero-order valence-corrected chi connectivity index (χ0v) is 14.5. The lowest BCUT2D eigenvalue weighted by atomic mass is 10.1. The van der Waals surface area contributed by atoms with Crippen molar-refractivity contribution in [3.63, 3.8) is 0 Å². The lowest BCUT2D eigenvalue weighted by Crippen LogP contribution is -2.37. The van der Waals surface area contributed by atoms with Gasteiger partial charge in [0.25, 0.3) is 0 Å². The van der Waals surface area contributed by atoms with Crippen LogP contribution < -0.4 is 11.2 Å². The van der Waals surface area contributed by atoms with Gasteiger partial charge in [0, 0.05) is 31.7 Å². The van der Waals surface area contributed by atoms with Crippen LogP contribution in [0.1, 0.15) is 16.1 Å². The SMILES string of the molecule is Nc1nc2oc3cnc(CCN4CCOCC4)cc3c(=O)c2cc1C(=O)O. The van der Waals surface area contributed by atoms with Crippen molar-refractivity contribution in [3.8, 4) is 0 Å². The summed E-state index contributed by atoms with van der Waals surface area (Å²) < 4.78 is 11.0. The smallest absolute Gasteiger partial charge is 0.339 e. The molecule has 9 heteroatoms. The molecule has 0 aromatic carbocycles. The van der Waals surface area contributed by atoms with E-state index in [-0.39, 0.29) is 33.5 Å². The first-order chi connectivity index (χ1) is 13.0. The van der Waals surface area contributed by atoms with E-state index in [1.54, 1.807) is 6.07 Å². The van der Waals surface area contributed by atoms with Crippen molar-refractivity contribution in [2.75, 3.05) is 38.6 Å². The van der Waals surface area contributed by atoms with Crippen molar-refractivity contribution < 1.29 is 19.1 Å². The molecule has 0 radical (unpaired) electrons. The van der Waals surface area contributed by atoms with E-state index < -0.39 is 5.97 Å². The molecule has 0 saturated carbocycles. The number of carboxylic acid groups (broad SMARTS) is 1. The second-order valence-corrected chi connectivity index (χ2v) is 6.39. The summed E-state index contributed by atoms with van der Waals surface area (Å²) in [5.41, 5.74) is 6.11. The van der Waals surface area contributed by atoms with Crippen molar-refractivity contribution in [1.29, 1.82) is 0 Å². The van der Waals surface area contributed by atoms with Gasteiger partial charge in [-0.1, -0.05) is 0 Å². The van der Waals surface area contributed by atoms with Crippen LogP contribution in [0.25, 0.3) is 22.1 Å². The maximum absolute atomic E-state index is 12.8. The Kier molecular flexibility index (Phi) is 4.46. The fraction of sp³-hybridized carbons (Fsp3) is 0.333. The molecule has 1 aliphatic rings. The number of hydrogen-bond donors (Lipinski definition) is 2. The standard InChI is InChI=1S/C18H18N4O5/c19-16-13(18(24)25)8-12-15(23)11-7-10(1-2-22-3-5-26-6-4-22)20-9-14(11)27-17(12)21-16/h7-9H,1-6H2,(H2,19,21)(H,24,25). The Morgan fingerprint density at radius 1 is 1.26 bits per heavy atom. The number of fused-ring (bicyclic) bond motifs is 2. The summed E-state index contributed by atoms with van der Waals surface area (Å²) in [6.07, 6.45) is 2.18. The normalized spacial score (nSPS) is 15.4. The second kappa shape index (κ2) is 6.93. The molecule has 3 aromatic heterocycles. The first-order valence-corrected chi connectivity index (χ1v) is 8.58. The number of aromatic nitrogens is 2. The van der Waals surface area contributed by atoms with Crippen molar-refractivity contribution >= 4 is 33.9 Å². The monoisotopic (exact) mass is 370 g/mol. The zero-order valence-electron chi connectivity index (χ0n) is 14.5. The molecule has 1 aliphatic heterocycles. The molecule has 3 aromatic rings. The molecule has 3 N–H and O–H groups in total. The van der Waals surface area contributed by atoms with E-state index in [0.29, 0.717) is 11.8 Å². The molecular weight excluding hydrogens is 352 g/mol. The van der Waals surface area contributed by atoms with E-state index in [0.717, 1.165) is 38.5 Å². The van der Waals surface area contributed by atoms with E-state index in [9.17, 15) is 14.7 Å². The molecule has 0 amide bonds. The Labute approximate surface area is 153 Å². The van der Waals surface area contributed by atoms with Crippen LogP contribution in [0.5, 0.6) is 0 Å². The van der Waals surface area contributed by atoms with Crippen LogP contribution in [-0.2, 0) is 11.2 Å². The number of nitrogens with zero attached hydrogens (tertiary/aromatic N) is 3. The molecular formula is C18H18N4O5. The Morgan fingerprint density at radius 2 is 2.04 bits per heavy atom. The molecule has 0 atom stereocenters. The highest BCUT2D eigenvalue weighted by molar-refractivity contribution is 5.98. The molecule has 1 saturated heterocycles. The summed E-state index contributed by atoms with van der Waals surface area (Å²) in [5.74, 6) is -1.45. The molecule has 0 bridgehead atoms. The Bertz CT molecular complexity index is 1090. The van der Waals surface area contributed by atoms with Gasteiger partial charge in [0.05, 0.1) is 30.2 Å². The molecule has 0 spiro atoms. The first kappa shape index (κ1) is 17.4. The lowest BCUT2D eigenvalue weighted by Gasteiger charge is -2.26. The summed E-state index contributed by atoms with van der Waals surface area (Å²) in [7, 11) is 0. The Hall–Kier alpha value is -3.04. The van der Waals surface area contributed by atoms with Gasteiger partial charge < -0.3 is 20.0 Å². The molecule has 4 rings (SSSR count). The third-order valence-corrected chi connectivity index (χ3v) is 4.66. The zero-order chi connectivity index (χ0) is 19.0. The van der Waals surface area contributed by atoms with E-state index >= 15 is 0 Å². The third-order valence-electron chi connectivity index (χ3n) is 4.66. The maximum Gasteiger partial charge on any atom is 0.339 e. The number of anilines is 1. The number of nitrogens with two attached hydrogens (primary N) is 1. The number of aromatic carboxylic acids is 1. The van der Waals surface area contributed by atoms with Gasteiger partial charge in [-0.15, -0.1) is 0 Å². The number of carboxylic acids is 1. The van der Waals surface area contributed by atoms with Gasteiger partial charge in [0.1, 0.15) is 11.4 Å². The van der Waals surface area contributed by atoms with Crippen molar-refractivity contribution in [1.82, 2.24) is 14.9 Å². The molecule has 1 fully saturated rings. The highest BCUT2D eigenvalue weighted by Gasteiger charge is 2.17. The van der Waals surface area contributed by atoms with Gasteiger partial charge in [-0.3, -0.25) is 14.7 Å². The summed E-state index contributed by atoms with van der Waals surface area (Å²) in [6, 6.07) is 2.90. The number of ether oxygens (including phenoxy) is 1. The van der Waals surface area contributed by atoms with Gasteiger partial charge >= 0.3 is 5.97 Å². The van der Waals surface area contributed by atoms with Crippen LogP contribution in [0.4, 0.5) is 5.82 Å². The van der Waals surface area contributed by atoms with Crippen molar-refractivity contribution in [2.24, 2.45) is 0 Å². The van der Waals surface area contributed by atoms with E-state index in [1.807, 2.05) is 0 Å². The largest absolute Gasteiger partial charge is 0.478 e. The van der Waals surface area contributed by atoms with Gasteiger partial charge in [-0.05, 0) is 12.1 Å². The number of nitrogen functional groups attached to an aromatic ring is 1. The highest BCUT2D eigenvalue weighted by Crippen LogP contribution is 2.21. The topological polar surface area (TPSA) is 132 Å². The quantitative estimate of drug-likeness (QED) is 0.643. The molecule has 140 valence electrons. The maximum atomic E-state index is 12.8. The molecule has 27 heavy (non-hydrogen) atoms. The summed E-state index contributed by atoms with van der Waals surface area (Å²) in [5, 5.41) is 9.62. The minimum Gasteiger partial charge on any atom is -0.478 e. The predicted molar refractivity (Wildman–Crippen MR) is 97.9 cm³/mol. The second-order valence-electron chi connectivity index (χ2n) is 6.39. The van der Waals surface area contributed by atoms with Gasteiger partial charge in [-0.25, -0.2) is 4.79 Å². The van der Waals surface area contributed by atoms with Crippen LogP contribution in [0, 0.1) is 0 Å². The Balaban J connectivity index is 1.72. The molecule has 9 nitrogen and oxygen atoms in total. The van der Waals surface area contributed by atoms with Crippen LogP contribution in [0.2, 0.25) is 0 Å². The average molecular weight is 370 g/mol. The van der Waals surface area contributed by atoms with Crippen LogP contribution >= 0.6 is 0 Å². The Morgan fingerprint density at radius 3 is 2.78 bits per heavy atom. The summed E-state index contributed by atoms with van der Waals surface area (Å²) in [6.45, 7) is 4.03. The van der Waals surface area contributed by atoms with E-state index in [4.69, 9.17) is 14.9 Å². The molecule has 0 aliphatic carbocycles. The van der Waals surface area contributed by atoms with Crippen LogP contribution in [0.3, 0.4) is 0 Å².